The number of carboxylic acid groups (broad SMARTS) is 1. The third-order valence-corrected chi connectivity index (χ3v) is 4.44. The van der Waals surface area contributed by atoms with E-state index in [-0.39, 0.29) is 18.0 Å². The van der Waals surface area contributed by atoms with Gasteiger partial charge in [-0.15, -0.1) is 0 Å². The van der Waals surface area contributed by atoms with Crippen molar-refractivity contribution < 1.29 is 19.1 Å². The number of rotatable bonds is 5. The number of carbonyl (C=O) groups is 2. The van der Waals surface area contributed by atoms with E-state index < -0.39 is 5.97 Å². The molecular formula is C19H21NO4. The molecule has 1 aromatic heterocycles. The van der Waals surface area contributed by atoms with Crippen LogP contribution in [0.5, 0.6) is 0 Å². The van der Waals surface area contributed by atoms with Crippen LogP contribution < -0.4 is 5.32 Å². The van der Waals surface area contributed by atoms with Gasteiger partial charge in [0.15, 0.2) is 0 Å². The van der Waals surface area contributed by atoms with Gasteiger partial charge in [0.05, 0.1) is 13.0 Å². The van der Waals surface area contributed by atoms with Gasteiger partial charge in [-0.3, -0.25) is 4.79 Å². The lowest BCUT2D eigenvalue weighted by Crippen LogP contribution is -2.24. The molecule has 1 amide bonds. The lowest BCUT2D eigenvalue weighted by molar-refractivity contribution is -0.120. The molecule has 0 atom stereocenters. The zero-order chi connectivity index (χ0) is 17.1. The number of carbonyl (C=O) groups excluding carboxylic acids is 1. The molecule has 24 heavy (non-hydrogen) atoms. The molecule has 0 bridgehead atoms. The summed E-state index contributed by atoms with van der Waals surface area (Å²) in [7, 11) is 0. The van der Waals surface area contributed by atoms with E-state index >= 15 is 0 Å². The Morgan fingerprint density at radius 2 is 1.92 bits per heavy atom. The summed E-state index contributed by atoms with van der Waals surface area (Å²) in [5, 5.41) is 11.8. The fraction of sp³-hybridized carbons (Fsp3) is 0.368. The van der Waals surface area contributed by atoms with Crippen LogP contribution in [0.2, 0.25) is 0 Å². The average Bonchev–Trinajstić information content (AvgIpc) is 2.94. The molecule has 5 heteroatoms. The van der Waals surface area contributed by atoms with Crippen LogP contribution >= 0.6 is 0 Å². The summed E-state index contributed by atoms with van der Waals surface area (Å²) >= 11 is 0. The molecule has 126 valence electrons. The molecule has 0 saturated heterocycles. The second-order valence-corrected chi connectivity index (χ2v) is 6.25. The predicted molar refractivity (Wildman–Crippen MR) is 89.0 cm³/mol. The van der Waals surface area contributed by atoms with E-state index in [9.17, 15) is 9.59 Å². The molecule has 1 aliphatic rings. The molecule has 0 spiro atoms. The van der Waals surface area contributed by atoms with Crippen LogP contribution in [0.3, 0.4) is 0 Å². The number of hydrogen-bond acceptors (Lipinski definition) is 3. The van der Waals surface area contributed by atoms with E-state index in [0.717, 1.165) is 18.4 Å². The third-order valence-electron chi connectivity index (χ3n) is 4.44. The zero-order valence-electron chi connectivity index (χ0n) is 13.7. The number of aryl methyl sites for hydroxylation is 3. The number of aromatic carboxylic acids is 1. The molecule has 1 aromatic carbocycles. The van der Waals surface area contributed by atoms with Crippen molar-refractivity contribution in [2.75, 3.05) is 0 Å². The first kappa shape index (κ1) is 16.3. The summed E-state index contributed by atoms with van der Waals surface area (Å²) in [6.45, 7) is 1.79. The SMILES string of the molecule is Cc1oc(CNC(=O)Cc2ccc3c(c2)CCCC3)cc1C(=O)O. The van der Waals surface area contributed by atoms with E-state index in [1.165, 1.54) is 30.0 Å². The second-order valence-electron chi connectivity index (χ2n) is 6.25. The highest BCUT2D eigenvalue weighted by atomic mass is 16.4. The first-order valence-corrected chi connectivity index (χ1v) is 8.23. The van der Waals surface area contributed by atoms with Gasteiger partial charge in [-0.05, 0) is 55.4 Å². The van der Waals surface area contributed by atoms with Crippen molar-refractivity contribution in [3.63, 3.8) is 0 Å². The summed E-state index contributed by atoms with van der Waals surface area (Å²) in [5.74, 6) is -0.329. The number of carboxylic acids is 1. The Balaban J connectivity index is 1.58. The summed E-state index contributed by atoms with van der Waals surface area (Å²) in [6.07, 6.45) is 5.00. The van der Waals surface area contributed by atoms with E-state index in [0.29, 0.717) is 17.9 Å². The van der Waals surface area contributed by atoms with Crippen LogP contribution in [-0.2, 0) is 30.6 Å². The van der Waals surface area contributed by atoms with Crippen LogP contribution in [-0.4, -0.2) is 17.0 Å². The summed E-state index contributed by atoms with van der Waals surface area (Å²) in [4.78, 5) is 23.1. The van der Waals surface area contributed by atoms with Crippen molar-refractivity contribution >= 4 is 11.9 Å². The van der Waals surface area contributed by atoms with Gasteiger partial charge < -0.3 is 14.8 Å². The van der Waals surface area contributed by atoms with Crippen molar-refractivity contribution in [1.82, 2.24) is 5.32 Å². The monoisotopic (exact) mass is 327 g/mol. The Morgan fingerprint density at radius 3 is 2.62 bits per heavy atom. The maximum absolute atomic E-state index is 12.1. The van der Waals surface area contributed by atoms with Crippen LogP contribution in [0.25, 0.3) is 0 Å². The maximum Gasteiger partial charge on any atom is 0.339 e. The fourth-order valence-corrected chi connectivity index (χ4v) is 3.17. The lowest BCUT2D eigenvalue weighted by atomic mass is 9.90. The standard InChI is InChI=1S/C19H21NO4/c1-12-17(19(22)23)10-16(24-12)11-20-18(21)9-13-6-7-14-4-2-3-5-15(14)8-13/h6-8,10H,2-5,9,11H2,1H3,(H,20,21)(H,22,23). The van der Waals surface area contributed by atoms with Gasteiger partial charge in [-0.1, -0.05) is 18.2 Å². The molecule has 5 nitrogen and oxygen atoms in total. The number of amides is 1. The molecular weight excluding hydrogens is 306 g/mol. The van der Waals surface area contributed by atoms with Crippen LogP contribution in [0.1, 0.15) is 51.4 Å². The molecule has 0 radical (unpaired) electrons. The maximum atomic E-state index is 12.1. The Kier molecular flexibility index (Phi) is 4.69. The second kappa shape index (κ2) is 6.91. The first-order valence-electron chi connectivity index (χ1n) is 8.23. The molecule has 1 heterocycles. The molecule has 2 N–H and O–H groups in total. The average molecular weight is 327 g/mol. The minimum absolute atomic E-state index is 0.100. The molecule has 3 rings (SSSR count). The van der Waals surface area contributed by atoms with Crippen molar-refractivity contribution in [1.29, 1.82) is 0 Å². The number of furan rings is 1. The van der Waals surface area contributed by atoms with Crippen LogP contribution in [0.4, 0.5) is 0 Å². The summed E-state index contributed by atoms with van der Waals surface area (Å²) in [5.41, 5.74) is 3.90. The van der Waals surface area contributed by atoms with Crippen LogP contribution in [0, 0.1) is 6.92 Å². The predicted octanol–water partition coefficient (Wildman–Crippen LogP) is 3.02. The highest BCUT2D eigenvalue weighted by molar-refractivity contribution is 5.88. The number of hydrogen-bond donors (Lipinski definition) is 2. The van der Waals surface area contributed by atoms with Crippen molar-refractivity contribution in [3.05, 3.63) is 58.0 Å². The van der Waals surface area contributed by atoms with Gasteiger partial charge in [0, 0.05) is 0 Å². The zero-order valence-corrected chi connectivity index (χ0v) is 13.7. The molecule has 0 saturated carbocycles. The van der Waals surface area contributed by atoms with Crippen LogP contribution in [0.15, 0.2) is 28.7 Å². The van der Waals surface area contributed by atoms with E-state index in [4.69, 9.17) is 9.52 Å². The first-order chi connectivity index (χ1) is 11.5. The highest BCUT2D eigenvalue weighted by Crippen LogP contribution is 2.22. The highest BCUT2D eigenvalue weighted by Gasteiger charge is 2.15. The number of fused-ring (bicyclic) bond motifs is 1. The Bertz CT molecular complexity index is 776. The van der Waals surface area contributed by atoms with E-state index in [2.05, 4.69) is 17.4 Å². The Labute approximate surface area is 140 Å². The van der Waals surface area contributed by atoms with Gasteiger partial charge in [0.2, 0.25) is 5.91 Å². The number of benzene rings is 1. The Hall–Kier alpha value is -2.56. The lowest BCUT2D eigenvalue weighted by Gasteiger charge is -2.16. The largest absolute Gasteiger partial charge is 0.478 e. The van der Waals surface area contributed by atoms with E-state index in [1.807, 2.05) is 6.07 Å². The minimum Gasteiger partial charge on any atom is -0.478 e. The van der Waals surface area contributed by atoms with Crippen molar-refractivity contribution in [3.8, 4) is 0 Å². The minimum atomic E-state index is -1.03. The number of nitrogens with one attached hydrogen (secondary N) is 1. The molecule has 0 fully saturated rings. The normalized spacial score (nSPS) is 13.4. The summed E-state index contributed by atoms with van der Waals surface area (Å²) in [6, 6.07) is 7.74. The topological polar surface area (TPSA) is 79.5 Å². The van der Waals surface area contributed by atoms with Gasteiger partial charge in [-0.2, -0.15) is 0 Å². The van der Waals surface area contributed by atoms with E-state index in [1.54, 1.807) is 6.92 Å². The van der Waals surface area contributed by atoms with Gasteiger partial charge in [-0.25, -0.2) is 4.79 Å². The smallest absolute Gasteiger partial charge is 0.339 e. The molecule has 0 unspecified atom stereocenters. The molecule has 0 aliphatic heterocycles. The van der Waals surface area contributed by atoms with Crippen molar-refractivity contribution in [2.24, 2.45) is 0 Å². The Morgan fingerprint density at radius 1 is 1.17 bits per heavy atom. The molecule has 1 aliphatic carbocycles. The van der Waals surface area contributed by atoms with Crippen molar-refractivity contribution in [2.45, 2.75) is 45.6 Å². The van der Waals surface area contributed by atoms with Gasteiger partial charge >= 0.3 is 5.97 Å². The quantitative estimate of drug-likeness (QED) is 0.884. The molecule has 2 aromatic rings. The third kappa shape index (κ3) is 3.67. The summed E-state index contributed by atoms with van der Waals surface area (Å²) < 4.78 is 5.36. The van der Waals surface area contributed by atoms with Gasteiger partial charge in [0.1, 0.15) is 17.1 Å². The fourth-order valence-electron chi connectivity index (χ4n) is 3.17. The van der Waals surface area contributed by atoms with Gasteiger partial charge in [0.25, 0.3) is 0 Å².